The Morgan fingerprint density at radius 2 is 1.91 bits per heavy atom. The highest BCUT2D eigenvalue weighted by molar-refractivity contribution is 6.13. The summed E-state index contributed by atoms with van der Waals surface area (Å²) in [5.41, 5.74) is 0.582. The van der Waals surface area contributed by atoms with Crippen LogP contribution in [0.25, 0.3) is 11.1 Å². The smallest absolute Gasteiger partial charge is 0.408 e. The number of hydrogen-bond donors (Lipinski definition) is 0. The van der Waals surface area contributed by atoms with Crippen molar-refractivity contribution in [3.8, 4) is 6.07 Å². The third-order valence-electron chi connectivity index (χ3n) is 6.67. The summed E-state index contributed by atoms with van der Waals surface area (Å²) in [5.74, 6) is -2.70. The second-order valence-corrected chi connectivity index (χ2v) is 8.53. The van der Waals surface area contributed by atoms with E-state index in [4.69, 9.17) is 4.42 Å². The number of oxazole rings is 1. The molecule has 2 aromatic carbocycles. The number of hydrogen-bond acceptors (Lipinski definition) is 5. The summed E-state index contributed by atoms with van der Waals surface area (Å²) < 4.78 is 48.3. The van der Waals surface area contributed by atoms with Crippen molar-refractivity contribution in [3.05, 3.63) is 63.6 Å². The molecule has 2 heterocycles. The van der Waals surface area contributed by atoms with Gasteiger partial charge in [0.2, 0.25) is 5.92 Å². The number of carbonyl (C=O) groups is 2. The fourth-order valence-corrected chi connectivity index (χ4v) is 4.98. The van der Waals surface area contributed by atoms with Crippen molar-refractivity contribution in [1.29, 1.82) is 5.26 Å². The number of halogens is 3. The third kappa shape index (κ3) is 3.28. The van der Waals surface area contributed by atoms with Crippen LogP contribution in [0.4, 0.5) is 23.7 Å². The van der Waals surface area contributed by atoms with Crippen molar-refractivity contribution >= 4 is 34.4 Å². The maximum absolute atomic E-state index is 13.7. The lowest BCUT2D eigenvalue weighted by molar-refractivity contribution is -0.351. The summed E-state index contributed by atoms with van der Waals surface area (Å²) in [5, 5.41) is 9.73. The predicted octanol–water partition coefficient (Wildman–Crippen LogP) is 4.04. The van der Waals surface area contributed by atoms with Crippen LogP contribution in [0.5, 0.6) is 0 Å². The van der Waals surface area contributed by atoms with Crippen molar-refractivity contribution < 1.29 is 31.8 Å². The first-order valence-electron chi connectivity index (χ1n) is 10.7. The van der Waals surface area contributed by atoms with Crippen LogP contribution in [0.3, 0.4) is 0 Å². The van der Waals surface area contributed by atoms with Gasteiger partial charge in [-0.2, -0.15) is 32.7 Å². The van der Waals surface area contributed by atoms with Crippen LogP contribution in [0.15, 0.2) is 45.6 Å². The zero-order valence-electron chi connectivity index (χ0n) is 18.6. The summed E-state index contributed by atoms with van der Waals surface area (Å²) in [6, 6.07) is 8.45. The molecule has 3 amide bonds. The number of amides is 3. The molecule has 0 spiro atoms. The zero-order chi connectivity index (χ0) is 25.2. The van der Waals surface area contributed by atoms with Crippen LogP contribution in [0.1, 0.15) is 36.1 Å². The molecule has 11 heteroatoms. The molecule has 35 heavy (non-hydrogen) atoms. The Morgan fingerprint density at radius 3 is 2.60 bits per heavy atom. The van der Waals surface area contributed by atoms with Gasteiger partial charge in [-0.05, 0) is 43.5 Å². The first kappa shape index (κ1) is 22.6. The van der Waals surface area contributed by atoms with Crippen LogP contribution in [0.2, 0.25) is 0 Å². The van der Waals surface area contributed by atoms with Gasteiger partial charge in [0, 0.05) is 18.7 Å². The Morgan fingerprint density at radius 1 is 1.17 bits per heavy atom. The Bertz CT molecular complexity index is 1560. The van der Waals surface area contributed by atoms with Gasteiger partial charge in [0.15, 0.2) is 5.58 Å². The quantitative estimate of drug-likeness (QED) is 0.512. The minimum absolute atomic E-state index is 0.0355. The molecule has 1 aromatic heterocycles. The predicted molar refractivity (Wildman–Crippen MR) is 116 cm³/mol. The van der Waals surface area contributed by atoms with E-state index in [1.807, 2.05) is 6.07 Å². The number of alkyl halides is 3. The van der Waals surface area contributed by atoms with Gasteiger partial charge in [-0.3, -0.25) is 4.57 Å². The monoisotopic (exact) mass is 483 g/mol. The van der Waals surface area contributed by atoms with Gasteiger partial charge < -0.3 is 4.42 Å². The molecule has 2 atom stereocenters. The number of nitriles is 1. The number of fused-ring (bicyclic) bond motifs is 2. The number of urea groups is 1. The molecule has 0 N–H and O–H groups in total. The van der Waals surface area contributed by atoms with Gasteiger partial charge in [-0.1, -0.05) is 12.1 Å². The lowest BCUT2D eigenvalue weighted by atomic mass is 9.97. The van der Waals surface area contributed by atoms with E-state index in [-0.39, 0.29) is 41.0 Å². The van der Waals surface area contributed by atoms with Crippen LogP contribution in [0, 0.1) is 17.2 Å². The molecular weight excluding hydrogens is 465 g/mol. The molecule has 2 aliphatic rings. The highest BCUT2D eigenvalue weighted by Gasteiger charge is 2.53. The summed E-state index contributed by atoms with van der Waals surface area (Å²) in [7, 11) is 1.52. The maximum Gasteiger partial charge on any atom is 0.506 e. The van der Waals surface area contributed by atoms with E-state index in [2.05, 4.69) is 0 Å². The molecule has 0 radical (unpaired) electrons. The molecule has 0 fully saturated rings. The maximum atomic E-state index is 13.7. The lowest BCUT2D eigenvalue weighted by Crippen LogP contribution is -2.53. The van der Waals surface area contributed by atoms with Gasteiger partial charge in [0.05, 0.1) is 17.1 Å². The first-order valence-corrected chi connectivity index (χ1v) is 10.7. The van der Waals surface area contributed by atoms with E-state index in [0.29, 0.717) is 5.52 Å². The van der Waals surface area contributed by atoms with E-state index >= 15 is 0 Å². The summed E-state index contributed by atoms with van der Waals surface area (Å²) in [4.78, 5) is 39.7. The molecule has 1 aliphatic heterocycles. The van der Waals surface area contributed by atoms with Crippen molar-refractivity contribution in [2.24, 2.45) is 13.0 Å². The normalized spacial score (nSPS) is 20.5. The molecule has 178 valence electrons. The fourth-order valence-electron chi connectivity index (χ4n) is 4.98. The number of imide groups is 1. The van der Waals surface area contributed by atoms with Crippen molar-refractivity contribution in [2.45, 2.75) is 32.0 Å². The molecule has 2 unspecified atom stereocenters. The SMILES string of the molecule is CC1=[N+](c2ccc3c(c2)oc(=O)n3C)C(=O)N(C2CCc3c2cccc3C(F)(F)F)C(=O)C1C#N. The van der Waals surface area contributed by atoms with Crippen LogP contribution in [-0.4, -0.2) is 31.7 Å². The first-order chi connectivity index (χ1) is 16.5. The largest absolute Gasteiger partial charge is 0.506 e. The number of nitrogens with zero attached hydrogens (tertiary/aromatic N) is 4. The Labute approximate surface area is 196 Å². The summed E-state index contributed by atoms with van der Waals surface area (Å²) in [6.45, 7) is 1.47. The standard InChI is InChI=1S/C24H18F3N4O4/c1-12-16(11-28)21(32)31(18-9-7-14-15(18)4-3-5-17(14)24(25,26)27)22(33)30(12)13-6-8-19-20(10-13)35-23(34)29(19)2/h3-6,8,10,16,18H,7,9H2,1-2H3/q+1. The highest BCUT2D eigenvalue weighted by Crippen LogP contribution is 2.44. The van der Waals surface area contributed by atoms with Crippen LogP contribution in [-0.2, 0) is 24.4 Å². The fraction of sp³-hybridized carbons (Fsp3) is 0.292. The second-order valence-electron chi connectivity index (χ2n) is 8.53. The summed E-state index contributed by atoms with van der Waals surface area (Å²) >= 11 is 0. The number of rotatable bonds is 2. The molecule has 5 rings (SSSR count). The Hall–Kier alpha value is -4.20. The minimum atomic E-state index is -4.57. The molecule has 0 saturated carbocycles. The van der Waals surface area contributed by atoms with E-state index in [1.165, 1.54) is 41.3 Å². The molecule has 8 nitrogen and oxygen atoms in total. The van der Waals surface area contributed by atoms with Gasteiger partial charge in [-0.25, -0.2) is 9.59 Å². The highest BCUT2D eigenvalue weighted by atomic mass is 19.4. The lowest BCUT2D eigenvalue weighted by Gasteiger charge is -2.28. The molecule has 3 aromatic rings. The molecule has 1 aliphatic carbocycles. The van der Waals surface area contributed by atoms with Crippen molar-refractivity contribution in [1.82, 2.24) is 9.47 Å². The van der Waals surface area contributed by atoms with Crippen LogP contribution >= 0.6 is 0 Å². The van der Waals surface area contributed by atoms with Crippen LogP contribution < -0.4 is 5.76 Å². The number of benzene rings is 2. The molecular formula is C24H18F3N4O4+. The van der Waals surface area contributed by atoms with E-state index in [1.54, 1.807) is 12.1 Å². The molecule has 0 saturated heterocycles. The average Bonchev–Trinajstić information content (AvgIpc) is 3.34. The molecule has 0 bridgehead atoms. The van der Waals surface area contributed by atoms with Gasteiger partial charge >= 0.3 is 23.9 Å². The Kier molecular flexibility index (Phi) is 4.94. The van der Waals surface area contributed by atoms with E-state index in [0.717, 1.165) is 11.0 Å². The Balaban J connectivity index is 1.64. The number of aryl methyl sites for hydroxylation is 1. The van der Waals surface area contributed by atoms with Gasteiger partial charge in [0.1, 0.15) is 17.4 Å². The topological polar surface area (TPSA) is 99.3 Å². The number of carbonyl (C=O) groups excluding carboxylic acids is 2. The van der Waals surface area contributed by atoms with E-state index in [9.17, 15) is 32.8 Å². The third-order valence-corrected chi connectivity index (χ3v) is 6.67. The zero-order valence-corrected chi connectivity index (χ0v) is 18.6. The van der Waals surface area contributed by atoms with Crippen molar-refractivity contribution in [3.63, 3.8) is 0 Å². The average molecular weight is 483 g/mol. The van der Waals surface area contributed by atoms with Gasteiger partial charge in [-0.15, -0.1) is 0 Å². The van der Waals surface area contributed by atoms with Crippen molar-refractivity contribution in [2.75, 3.05) is 0 Å². The second kappa shape index (κ2) is 7.66. The van der Waals surface area contributed by atoms with Gasteiger partial charge in [0.25, 0.3) is 0 Å². The minimum Gasteiger partial charge on any atom is -0.408 e. The number of aromatic nitrogens is 1. The summed E-state index contributed by atoms with van der Waals surface area (Å²) in [6.07, 6.45) is -4.43. The van der Waals surface area contributed by atoms with E-state index < -0.39 is 41.4 Å².